The number of rotatable bonds is 5. The van der Waals surface area contributed by atoms with Crippen LogP contribution in [0.15, 0.2) is 12.3 Å². The fraction of sp³-hybridized carbons (Fsp3) is 0.643. The number of pyridine rings is 1. The summed E-state index contributed by atoms with van der Waals surface area (Å²) in [5.41, 5.74) is 8.22. The van der Waals surface area contributed by atoms with Crippen LogP contribution in [0.1, 0.15) is 37.9 Å². The summed E-state index contributed by atoms with van der Waals surface area (Å²) in [6, 6.07) is 2.28. The van der Waals surface area contributed by atoms with Gasteiger partial charge in [0.2, 0.25) is 0 Å². The van der Waals surface area contributed by atoms with Crippen LogP contribution in [-0.4, -0.2) is 36.1 Å². The van der Waals surface area contributed by atoms with Crippen LogP contribution < -0.4 is 11.1 Å². The summed E-state index contributed by atoms with van der Waals surface area (Å²) < 4.78 is 0. The Kier molecular flexibility index (Phi) is 4.71. The highest BCUT2D eigenvalue weighted by Crippen LogP contribution is 2.32. The molecule has 0 amide bonds. The predicted octanol–water partition coefficient (Wildman–Crippen LogP) is 1.96. The molecule has 0 aliphatic heterocycles. The molecule has 1 heterocycles. The van der Waals surface area contributed by atoms with E-state index in [0.717, 1.165) is 17.7 Å². The van der Waals surface area contributed by atoms with Crippen LogP contribution in [0.2, 0.25) is 0 Å². The van der Waals surface area contributed by atoms with E-state index in [1.165, 1.54) is 0 Å². The highest BCUT2D eigenvalue weighted by atomic mass is 15.2. The molecule has 1 aromatic heterocycles. The Morgan fingerprint density at radius 1 is 1.44 bits per heavy atom. The monoisotopic (exact) mass is 250 g/mol. The molecular formula is C14H26N4. The van der Waals surface area contributed by atoms with E-state index >= 15 is 0 Å². The molecule has 0 saturated heterocycles. The van der Waals surface area contributed by atoms with Crippen molar-refractivity contribution in [1.82, 2.24) is 15.2 Å². The summed E-state index contributed by atoms with van der Waals surface area (Å²) in [5, 5.41) is 3.53. The van der Waals surface area contributed by atoms with Gasteiger partial charge in [0.15, 0.2) is 0 Å². The Morgan fingerprint density at radius 2 is 2.06 bits per heavy atom. The Morgan fingerprint density at radius 3 is 2.56 bits per heavy atom. The lowest BCUT2D eigenvalue weighted by atomic mass is 9.87. The smallest absolute Gasteiger partial charge is 0.128 e. The van der Waals surface area contributed by atoms with Gasteiger partial charge in [-0.3, -0.25) is 0 Å². The Bertz CT molecular complexity index is 399. The molecule has 1 atom stereocenters. The maximum Gasteiger partial charge on any atom is 0.128 e. The molecule has 4 nitrogen and oxygen atoms in total. The number of nitrogen functional groups attached to an aromatic ring is 1. The molecule has 4 heteroatoms. The fourth-order valence-corrected chi connectivity index (χ4v) is 2.04. The number of nitrogens with one attached hydrogen (secondary N) is 1. The second-order valence-corrected chi connectivity index (χ2v) is 5.53. The van der Waals surface area contributed by atoms with E-state index in [4.69, 9.17) is 5.73 Å². The van der Waals surface area contributed by atoms with Gasteiger partial charge in [-0.1, -0.05) is 6.92 Å². The molecular weight excluding hydrogens is 224 g/mol. The standard InChI is InChI=1S/C14H26N4/c1-7-16-12(14(3,4)18(5)6)11-8-10(2)9-17-13(11)15/h8-9,12,16H,7H2,1-6H3,(H2,15,17). The minimum Gasteiger partial charge on any atom is -0.383 e. The van der Waals surface area contributed by atoms with Gasteiger partial charge in [0.1, 0.15) is 5.82 Å². The van der Waals surface area contributed by atoms with Crippen molar-refractivity contribution >= 4 is 5.82 Å². The van der Waals surface area contributed by atoms with Crippen LogP contribution >= 0.6 is 0 Å². The van der Waals surface area contributed by atoms with E-state index in [9.17, 15) is 0 Å². The topological polar surface area (TPSA) is 54.2 Å². The third-order valence-corrected chi connectivity index (χ3v) is 3.66. The largest absolute Gasteiger partial charge is 0.383 e. The number of aryl methyl sites for hydroxylation is 1. The van der Waals surface area contributed by atoms with Gasteiger partial charge in [-0.15, -0.1) is 0 Å². The molecule has 0 aliphatic rings. The zero-order valence-electron chi connectivity index (χ0n) is 12.4. The predicted molar refractivity (Wildman–Crippen MR) is 77.6 cm³/mol. The number of nitrogens with zero attached hydrogens (tertiary/aromatic N) is 2. The van der Waals surface area contributed by atoms with Crippen LogP contribution in [0.25, 0.3) is 0 Å². The molecule has 18 heavy (non-hydrogen) atoms. The van der Waals surface area contributed by atoms with Crippen molar-refractivity contribution in [3.63, 3.8) is 0 Å². The highest BCUT2D eigenvalue weighted by Gasteiger charge is 2.33. The van der Waals surface area contributed by atoms with Crippen LogP contribution in [0.3, 0.4) is 0 Å². The summed E-state index contributed by atoms with van der Waals surface area (Å²) in [4.78, 5) is 6.48. The van der Waals surface area contributed by atoms with Crippen LogP contribution in [0, 0.1) is 6.92 Å². The molecule has 1 rings (SSSR count). The van der Waals surface area contributed by atoms with Crippen molar-refractivity contribution in [2.75, 3.05) is 26.4 Å². The molecule has 102 valence electrons. The van der Waals surface area contributed by atoms with Gasteiger partial charge in [-0.25, -0.2) is 4.98 Å². The third-order valence-electron chi connectivity index (χ3n) is 3.66. The average Bonchev–Trinajstić information content (AvgIpc) is 2.29. The van der Waals surface area contributed by atoms with E-state index in [-0.39, 0.29) is 11.6 Å². The van der Waals surface area contributed by atoms with Gasteiger partial charge < -0.3 is 16.0 Å². The Hall–Kier alpha value is -1.13. The number of hydrogen-bond donors (Lipinski definition) is 2. The van der Waals surface area contributed by atoms with Gasteiger partial charge in [0.05, 0.1) is 6.04 Å². The SMILES string of the molecule is CCNC(c1cc(C)cnc1N)C(C)(C)N(C)C. The lowest BCUT2D eigenvalue weighted by Gasteiger charge is -2.41. The number of aromatic nitrogens is 1. The van der Waals surface area contributed by atoms with Gasteiger partial charge >= 0.3 is 0 Å². The quantitative estimate of drug-likeness (QED) is 0.839. The van der Waals surface area contributed by atoms with Crippen molar-refractivity contribution in [2.45, 2.75) is 39.3 Å². The van der Waals surface area contributed by atoms with Gasteiger partial charge in [-0.2, -0.15) is 0 Å². The van der Waals surface area contributed by atoms with Crippen molar-refractivity contribution in [2.24, 2.45) is 0 Å². The summed E-state index contributed by atoms with van der Waals surface area (Å²) >= 11 is 0. The average molecular weight is 250 g/mol. The molecule has 3 N–H and O–H groups in total. The normalized spacial score (nSPS) is 13.9. The van der Waals surface area contributed by atoms with E-state index in [1.54, 1.807) is 0 Å². The molecule has 0 bridgehead atoms. The van der Waals surface area contributed by atoms with Crippen molar-refractivity contribution in [3.8, 4) is 0 Å². The first-order valence-corrected chi connectivity index (χ1v) is 6.43. The summed E-state index contributed by atoms with van der Waals surface area (Å²) in [6.07, 6.45) is 1.81. The Labute approximate surface area is 111 Å². The first-order valence-electron chi connectivity index (χ1n) is 6.43. The van der Waals surface area contributed by atoms with Crippen molar-refractivity contribution in [1.29, 1.82) is 0 Å². The Balaban J connectivity index is 3.23. The molecule has 0 aliphatic carbocycles. The van der Waals surface area contributed by atoms with E-state index in [0.29, 0.717) is 5.82 Å². The molecule has 1 unspecified atom stereocenters. The second kappa shape index (κ2) is 5.67. The fourth-order valence-electron chi connectivity index (χ4n) is 2.04. The zero-order valence-corrected chi connectivity index (χ0v) is 12.4. The third kappa shape index (κ3) is 3.00. The summed E-state index contributed by atoms with van der Waals surface area (Å²) in [7, 11) is 4.17. The minimum atomic E-state index is -0.0421. The highest BCUT2D eigenvalue weighted by molar-refractivity contribution is 5.44. The maximum atomic E-state index is 6.05. The number of nitrogens with two attached hydrogens (primary N) is 1. The first kappa shape index (κ1) is 14.9. The van der Waals surface area contributed by atoms with Crippen LogP contribution in [0.5, 0.6) is 0 Å². The van der Waals surface area contributed by atoms with Crippen LogP contribution in [0.4, 0.5) is 5.82 Å². The van der Waals surface area contributed by atoms with E-state index < -0.39 is 0 Å². The van der Waals surface area contributed by atoms with Gasteiger partial charge in [-0.05, 0) is 53.0 Å². The van der Waals surface area contributed by atoms with Crippen molar-refractivity contribution in [3.05, 3.63) is 23.4 Å². The number of hydrogen-bond acceptors (Lipinski definition) is 4. The molecule has 0 radical (unpaired) electrons. The van der Waals surface area contributed by atoms with E-state index in [2.05, 4.69) is 56.1 Å². The van der Waals surface area contributed by atoms with E-state index in [1.807, 2.05) is 13.1 Å². The van der Waals surface area contributed by atoms with Gasteiger partial charge in [0.25, 0.3) is 0 Å². The zero-order chi connectivity index (χ0) is 13.9. The molecule has 1 aromatic rings. The van der Waals surface area contributed by atoms with Crippen molar-refractivity contribution < 1.29 is 0 Å². The summed E-state index contributed by atoms with van der Waals surface area (Å²) in [6.45, 7) is 9.47. The summed E-state index contributed by atoms with van der Waals surface area (Å²) in [5.74, 6) is 0.612. The first-order chi connectivity index (χ1) is 8.30. The molecule has 0 spiro atoms. The van der Waals surface area contributed by atoms with Gasteiger partial charge in [0, 0.05) is 17.3 Å². The molecule has 0 fully saturated rings. The lowest BCUT2D eigenvalue weighted by Crippen LogP contribution is -2.49. The lowest BCUT2D eigenvalue weighted by molar-refractivity contribution is 0.139. The number of likely N-dealkylation sites (N-methyl/N-ethyl adjacent to an activating group) is 2. The number of anilines is 1. The second-order valence-electron chi connectivity index (χ2n) is 5.53. The minimum absolute atomic E-state index is 0.0421. The van der Waals surface area contributed by atoms with Crippen LogP contribution in [-0.2, 0) is 0 Å². The molecule has 0 saturated carbocycles. The maximum absolute atomic E-state index is 6.05. The molecule has 0 aromatic carbocycles.